The summed E-state index contributed by atoms with van der Waals surface area (Å²) in [7, 11) is 0. The number of ketones is 1. The number of halogens is 1. The number of esters is 1. The van der Waals surface area contributed by atoms with Crippen molar-refractivity contribution in [2.45, 2.75) is 72.4 Å². The maximum atomic E-state index is 13.7. The largest absolute Gasteiger partial charge is 0.458 e. The van der Waals surface area contributed by atoms with E-state index in [0.717, 1.165) is 18.4 Å². The van der Waals surface area contributed by atoms with Crippen molar-refractivity contribution in [3.8, 4) is 5.75 Å². The second-order valence-electron chi connectivity index (χ2n) is 12.8. The minimum absolute atomic E-state index is 0.170. The summed E-state index contributed by atoms with van der Waals surface area (Å²) in [6.45, 7) is 12.9. The van der Waals surface area contributed by atoms with Gasteiger partial charge in [-0.25, -0.2) is 14.6 Å². The molecule has 1 aliphatic heterocycles. The maximum absolute atomic E-state index is 13.7. The SMILES string of the molecule is CCN(CC)c1ncc(N(CC(=O)c2ccc(Cl)cc2)C(C)=O)c(N[C@@H](Cc2ccc(OC(=O)N3CCCC3)cc2)C(=O)OC(C)(C)C)n1. The number of hydrogen-bond acceptors (Lipinski definition) is 10. The number of likely N-dealkylation sites (tertiary alicyclic amines) is 1. The zero-order valence-electron chi connectivity index (χ0n) is 29.0. The molecule has 12 nitrogen and oxygen atoms in total. The normalized spacial score (nSPS) is 13.4. The van der Waals surface area contributed by atoms with Gasteiger partial charge in [0, 0.05) is 50.1 Å². The van der Waals surface area contributed by atoms with Crippen LogP contribution in [0.15, 0.2) is 54.7 Å². The fourth-order valence-electron chi connectivity index (χ4n) is 5.29. The third-order valence-electron chi connectivity index (χ3n) is 7.88. The smallest absolute Gasteiger partial charge is 0.415 e. The highest BCUT2D eigenvalue weighted by atomic mass is 35.5. The number of carbonyl (C=O) groups excluding carboxylic acids is 4. The van der Waals surface area contributed by atoms with Gasteiger partial charge in [0.05, 0.1) is 12.7 Å². The number of amides is 2. The lowest BCUT2D eigenvalue weighted by molar-refractivity contribution is -0.155. The van der Waals surface area contributed by atoms with E-state index in [4.69, 9.17) is 26.1 Å². The second kappa shape index (κ2) is 16.6. The van der Waals surface area contributed by atoms with E-state index in [2.05, 4.69) is 10.3 Å². The Morgan fingerprint density at radius 2 is 1.61 bits per heavy atom. The Labute approximate surface area is 292 Å². The summed E-state index contributed by atoms with van der Waals surface area (Å²) in [5, 5.41) is 3.72. The minimum Gasteiger partial charge on any atom is -0.458 e. The van der Waals surface area contributed by atoms with E-state index in [1.54, 1.807) is 74.2 Å². The molecule has 1 aliphatic rings. The number of hydrogen-bond donors (Lipinski definition) is 1. The first-order valence-corrected chi connectivity index (χ1v) is 16.9. The lowest BCUT2D eigenvalue weighted by atomic mass is 10.0. The van der Waals surface area contributed by atoms with Crippen LogP contribution in [0.4, 0.5) is 22.2 Å². The summed E-state index contributed by atoms with van der Waals surface area (Å²) < 4.78 is 11.3. The third kappa shape index (κ3) is 10.4. The quantitative estimate of drug-likeness (QED) is 0.164. The molecular weight excluding hydrogens is 648 g/mol. The first kappa shape index (κ1) is 37.1. The highest BCUT2D eigenvalue weighted by molar-refractivity contribution is 6.30. The number of rotatable bonds is 13. The predicted molar refractivity (Wildman–Crippen MR) is 190 cm³/mol. The van der Waals surface area contributed by atoms with Crippen molar-refractivity contribution < 1.29 is 28.7 Å². The highest BCUT2D eigenvalue weighted by Gasteiger charge is 2.30. The Balaban J connectivity index is 1.67. The molecule has 3 aromatic rings. The van der Waals surface area contributed by atoms with Gasteiger partial charge < -0.3 is 29.5 Å². The first-order valence-electron chi connectivity index (χ1n) is 16.5. The summed E-state index contributed by atoms with van der Waals surface area (Å²) in [4.78, 5) is 66.7. The van der Waals surface area contributed by atoms with E-state index in [9.17, 15) is 19.2 Å². The molecule has 0 unspecified atom stereocenters. The summed E-state index contributed by atoms with van der Waals surface area (Å²) in [5.74, 6) is -0.319. The number of ether oxygens (including phenoxy) is 2. The second-order valence-corrected chi connectivity index (χ2v) is 13.2. The number of Topliss-reactive ketones (excluding diaryl/α,β-unsaturated/α-hetero) is 1. The van der Waals surface area contributed by atoms with Gasteiger partial charge in [-0.1, -0.05) is 23.7 Å². The van der Waals surface area contributed by atoms with Gasteiger partial charge >= 0.3 is 12.1 Å². The number of nitrogens with zero attached hydrogens (tertiary/aromatic N) is 5. The van der Waals surface area contributed by atoms with Gasteiger partial charge in [0.25, 0.3) is 0 Å². The summed E-state index contributed by atoms with van der Waals surface area (Å²) in [5.41, 5.74) is 0.572. The fraction of sp³-hybridized carbons (Fsp3) is 0.444. The molecule has 2 aromatic carbocycles. The molecule has 0 radical (unpaired) electrons. The van der Waals surface area contributed by atoms with Gasteiger partial charge in [-0.15, -0.1) is 0 Å². The monoisotopic (exact) mass is 692 g/mol. The minimum atomic E-state index is -0.962. The molecule has 0 bridgehead atoms. The van der Waals surface area contributed by atoms with E-state index in [-0.39, 0.29) is 36.3 Å². The molecule has 1 N–H and O–H groups in total. The molecule has 0 aliphatic carbocycles. The molecule has 262 valence electrons. The van der Waals surface area contributed by atoms with Crippen LogP contribution in [0.2, 0.25) is 5.02 Å². The standard InChI is InChI=1S/C36H45ClN6O6/c1-7-41(8-2)34-38-22-30(43(24(3)44)23-31(45)26-13-15-27(37)16-14-26)32(40-34)39-29(33(46)49-36(4,5)6)21-25-11-17-28(18-12-25)48-35(47)42-19-9-10-20-42/h11-18,22,29H,7-10,19-21,23H2,1-6H3,(H,38,39,40)/t29-/m0/s1. The van der Waals surface area contributed by atoms with Crippen molar-refractivity contribution in [3.05, 3.63) is 70.9 Å². The summed E-state index contributed by atoms with van der Waals surface area (Å²) >= 11 is 6.01. The van der Waals surface area contributed by atoms with Gasteiger partial charge in [-0.3, -0.25) is 9.59 Å². The van der Waals surface area contributed by atoms with Crippen LogP contribution in [-0.2, 0) is 20.7 Å². The lowest BCUT2D eigenvalue weighted by Crippen LogP contribution is -2.40. The maximum Gasteiger partial charge on any atom is 0.415 e. The molecule has 2 heterocycles. The van der Waals surface area contributed by atoms with Crippen molar-refractivity contribution >= 4 is 52.8 Å². The molecule has 1 fully saturated rings. The van der Waals surface area contributed by atoms with Crippen molar-refractivity contribution in [2.75, 3.05) is 47.8 Å². The predicted octanol–water partition coefficient (Wildman–Crippen LogP) is 6.17. The van der Waals surface area contributed by atoms with E-state index in [1.165, 1.54) is 18.0 Å². The first-order chi connectivity index (χ1) is 23.3. The van der Waals surface area contributed by atoms with Gasteiger partial charge in [-0.2, -0.15) is 4.98 Å². The van der Waals surface area contributed by atoms with Crippen LogP contribution in [-0.4, -0.2) is 83.0 Å². The number of anilines is 3. The van der Waals surface area contributed by atoms with Gasteiger partial charge in [0.2, 0.25) is 11.9 Å². The van der Waals surface area contributed by atoms with Crippen molar-refractivity contribution in [1.29, 1.82) is 0 Å². The number of benzene rings is 2. The summed E-state index contributed by atoms with van der Waals surface area (Å²) in [6.07, 6.45) is 3.18. The highest BCUT2D eigenvalue weighted by Crippen LogP contribution is 2.29. The van der Waals surface area contributed by atoms with E-state index in [1.807, 2.05) is 18.7 Å². The Morgan fingerprint density at radius 1 is 0.980 bits per heavy atom. The molecule has 4 rings (SSSR count). The van der Waals surface area contributed by atoms with Gasteiger partial charge in [-0.05, 0) is 89.4 Å². The Morgan fingerprint density at radius 3 is 2.18 bits per heavy atom. The molecule has 1 aromatic heterocycles. The Bertz CT molecular complexity index is 1620. The fourth-order valence-corrected chi connectivity index (χ4v) is 5.42. The zero-order valence-corrected chi connectivity index (χ0v) is 29.7. The van der Waals surface area contributed by atoms with Crippen LogP contribution in [0.3, 0.4) is 0 Å². The van der Waals surface area contributed by atoms with E-state index < -0.39 is 23.5 Å². The van der Waals surface area contributed by atoms with Gasteiger partial charge in [0.15, 0.2) is 11.6 Å². The van der Waals surface area contributed by atoms with Crippen LogP contribution in [0.1, 0.15) is 70.3 Å². The van der Waals surface area contributed by atoms with Crippen molar-refractivity contribution in [2.24, 2.45) is 0 Å². The molecule has 13 heteroatoms. The average molecular weight is 693 g/mol. The molecule has 2 amide bonds. The van der Waals surface area contributed by atoms with Crippen LogP contribution < -0.4 is 19.9 Å². The van der Waals surface area contributed by atoms with Crippen molar-refractivity contribution in [1.82, 2.24) is 14.9 Å². The topological polar surface area (TPSA) is 134 Å². The van der Waals surface area contributed by atoms with Crippen LogP contribution >= 0.6 is 11.6 Å². The number of nitrogens with one attached hydrogen (secondary N) is 1. The number of carbonyl (C=O) groups is 4. The Hall–Kier alpha value is -4.71. The lowest BCUT2D eigenvalue weighted by Gasteiger charge is -2.28. The van der Waals surface area contributed by atoms with Crippen LogP contribution in [0.25, 0.3) is 0 Å². The van der Waals surface area contributed by atoms with Crippen molar-refractivity contribution in [3.63, 3.8) is 0 Å². The molecule has 0 saturated carbocycles. The van der Waals surface area contributed by atoms with Gasteiger partial charge in [0.1, 0.15) is 23.1 Å². The molecule has 1 atom stereocenters. The zero-order chi connectivity index (χ0) is 35.7. The molecule has 49 heavy (non-hydrogen) atoms. The third-order valence-corrected chi connectivity index (χ3v) is 8.13. The molecular formula is C36H45ClN6O6. The van der Waals surface area contributed by atoms with E-state index >= 15 is 0 Å². The van der Waals surface area contributed by atoms with Crippen LogP contribution in [0, 0.1) is 0 Å². The Kier molecular flexibility index (Phi) is 12.6. The molecule has 1 saturated heterocycles. The van der Waals surface area contributed by atoms with E-state index in [0.29, 0.717) is 48.5 Å². The molecule has 0 spiro atoms. The van der Waals surface area contributed by atoms with Crippen LogP contribution in [0.5, 0.6) is 5.75 Å². The average Bonchev–Trinajstić information content (AvgIpc) is 3.60. The summed E-state index contributed by atoms with van der Waals surface area (Å²) in [6, 6.07) is 12.4. The number of aromatic nitrogens is 2.